The molecule has 2 aromatic carbocycles. The molecule has 0 bridgehead atoms. The summed E-state index contributed by atoms with van der Waals surface area (Å²) in [6, 6.07) is 11.2. The first-order valence-corrected chi connectivity index (χ1v) is 8.43. The van der Waals surface area contributed by atoms with Gasteiger partial charge in [-0.15, -0.1) is 0 Å². The third-order valence-electron chi connectivity index (χ3n) is 3.38. The predicted octanol–water partition coefficient (Wildman–Crippen LogP) is 0.711. The van der Waals surface area contributed by atoms with Crippen molar-refractivity contribution in [1.29, 1.82) is 0 Å². The van der Waals surface area contributed by atoms with Crippen LogP contribution >= 0.6 is 0 Å². The van der Waals surface area contributed by atoms with Crippen LogP contribution in [0.4, 0.5) is 0 Å². The number of carbonyl (C=O) groups is 1. The van der Waals surface area contributed by atoms with Crippen molar-refractivity contribution >= 4 is 26.7 Å². The van der Waals surface area contributed by atoms with Crippen molar-refractivity contribution in [3.63, 3.8) is 0 Å². The van der Waals surface area contributed by atoms with E-state index >= 15 is 0 Å². The number of hydrogen-bond donors (Lipinski definition) is 3. The molecule has 0 saturated heterocycles. The van der Waals surface area contributed by atoms with Crippen molar-refractivity contribution in [1.82, 2.24) is 4.72 Å². The van der Waals surface area contributed by atoms with Crippen LogP contribution in [0.15, 0.2) is 47.4 Å². The maximum Gasteiger partial charge on any atom is 0.241 e. The second-order valence-corrected chi connectivity index (χ2v) is 6.67. The lowest BCUT2D eigenvalue weighted by molar-refractivity contribution is -0.119. The summed E-state index contributed by atoms with van der Waals surface area (Å²) in [5.74, 6) is -0.711. The molecule has 118 valence electrons. The molecule has 0 heterocycles. The molecule has 0 aliphatic heterocycles. The van der Waals surface area contributed by atoms with E-state index in [1.54, 1.807) is 18.2 Å². The molecule has 0 aliphatic rings. The fourth-order valence-corrected chi connectivity index (χ4v) is 3.73. The van der Waals surface area contributed by atoms with Gasteiger partial charge in [-0.2, -0.15) is 4.72 Å². The van der Waals surface area contributed by atoms with Gasteiger partial charge in [0, 0.05) is 5.39 Å². The number of nitrogens with two attached hydrogens (primary N) is 2. The van der Waals surface area contributed by atoms with Crippen LogP contribution in [0.25, 0.3) is 10.8 Å². The second kappa shape index (κ2) is 6.87. The van der Waals surface area contributed by atoms with Crippen LogP contribution in [-0.4, -0.2) is 26.9 Å². The molecule has 0 aromatic heterocycles. The molecule has 1 amide bonds. The van der Waals surface area contributed by atoms with Gasteiger partial charge in [0.1, 0.15) is 6.04 Å². The van der Waals surface area contributed by atoms with Crippen LogP contribution in [0, 0.1) is 0 Å². The molecule has 0 unspecified atom stereocenters. The molecular weight excluding hydrogens is 302 g/mol. The molecule has 0 fully saturated rings. The molecule has 7 heteroatoms. The molecule has 0 spiro atoms. The Morgan fingerprint density at radius 2 is 1.82 bits per heavy atom. The third kappa shape index (κ3) is 3.62. The van der Waals surface area contributed by atoms with E-state index in [4.69, 9.17) is 11.5 Å². The molecule has 6 nitrogen and oxygen atoms in total. The van der Waals surface area contributed by atoms with Crippen LogP contribution < -0.4 is 16.2 Å². The highest BCUT2D eigenvalue weighted by atomic mass is 32.2. The number of primary amides is 1. The Labute approximate surface area is 129 Å². The first-order valence-electron chi connectivity index (χ1n) is 6.95. The Hall–Kier alpha value is -1.96. The van der Waals surface area contributed by atoms with Crippen molar-refractivity contribution in [2.45, 2.75) is 23.8 Å². The lowest BCUT2D eigenvalue weighted by Gasteiger charge is -2.16. The minimum absolute atomic E-state index is 0.129. The summed E-state index contributed by atoms with van der Waals surface area (Å²) in [5.41, 5.74) is 10.7. The summed E-state index contributed by atoms with van der Waals surface area (Å²) in [5, 5.41) is 1.41. The molecule has 5 N–H and O–H groups in total. The summed E-state index contributed by atoms with van der Waals surface area (Å²) < 4.78 is 27.5. The Kier molecular flexibility index (Phi) is 5.12. The monoisotopic (exact) mass is 321 g/mol. The first-order chi connectivity index (χ1) is 10.5. The van der Waals surface area contributed by atoms with Crippen molar-refractivity contribution < 1.29 is 13.2 Å². The maximum absolute atomic E-state index is 12.6. The van der Waals surface area contributed by atoms with Crippen LogP contribution in [0.5, 0.6) is 0 Å². The highest BCUT2D eigenvalue weighted by Crippen LogP contribution is 2.23. The van der Waals surface area contributed by atoms with E-state index < -0.39 is 22.0 Å². The zero-order chi connectivity index (χ0) is 16.2. The van der Waals surface area contributed by atoms with Gasteiger partial charge in [0.25, 0.3) is 0 Å². The molecule has 22 heavy (non-hydrogen) atoms. The number of benzene rings is 2. The average molecular weight is 321 g/mol. The third-order valence-corrected chi connectivity index (χ3v) is 4.91. The summed E-state index contributed by atoms with van der Waals surface area (Å²) >= 11 is 0. The summed E-state index contributed by atoms with van der Waals surface area (Å²) in [7, 11) is -3.85. The number of fused-ring (bicyclic) bond motifs is 1. The summed E-state index contributed by atoms with van der Waals surface area (Å²) in [4.78, 5) is 11.6. The Balaban J connectivity index is 2.38. The van der Waals surface area contributed by atoms with E-state index in [1.165, 1.54) is 6.07 Å². The summed E-state index contributed by atoms with van der Waals surface area (Å²) in [6.45, 7) is 0.361. The van der Waals surface area contributed by atoms with Crippen LogP contribution in [0.3, 0.4) is 0 Å². The van der Waals surface area contributed by atoms with E-state index in [0.717, 1.165) is 5.39 Å². The predicted molar refractivity (Wildman–Crippen MR) is 85.5 cm³/mol. The molecule has 1 atom stereocenters. The number of sulfonamides is 1. The maximum atomic E-state index is 12.6. The second-order valence-electron chi connectivity index (χ2n) is 4.98. The molecule has 0 radical (unpaired) electrons. The van der Waals surface area contributed by atoms with Crippen molar-refractivity contribution in [3.05, 3.63) is 42.5 Å². The molecular formula is C15H19N3O3S. The van der Waals surface area contributed by atoms with Crippen LogP contribution in [-0.2, 0) is 14.8 Å². The van der Waals surface area contributed by atoms with E-state index in [0.29, 0.717) is 18.4 Å². The minimum Gasteiger partial charge on any atom is -0.368 e. The average Bonchev–Trinajstić information content (AvgIpc) is 2.50. The standard InChI is InChI=1S/C15H19N3O3S/c16-10-4-8-13(15(17)19)18-22(20,21)14-9-3-6-11-5-1-2-7-12(11)14/h1-3,5-7,9,13,18H,4,8,10,16H2,(H2,17,19)/t13-/m0/s1. The number of rotatable bonds is 7. The lowest BCUT2D eigenvalue weighted by Crippen LogP contribution is -2.44. The van der Waals surface area contributed by atoms with Gasteiger partial charge in [0.05, 0.1) is 4.90 Å². The smallest absolute Gasteiger partial charge is 0.241 e. The van der Waals surface area contributed by atoms with E-state index in [1.807, 2.05) is 18.2 Å². The normalized spacial score (nSPS) is 13.1. The Morgan fingerprint density at radius 3 is 2.50 bits per heavy atom. The van der Waals surface area contributed by atoms with Gasteiger partial charge >= 0.3 is 0 Å². The van der Waals surface area contributed by atoms with Crippen molar-refractivity contribution in [2.75, 3.05) is 6.54 Å². The van der Waals surface area contributed by atoms with E-state index in [2.05, 4.69) is 4.72 Å². The quantitative estimate of drug-likeness (QED) is 0.696. The Bertz CT molecular complexity index is 769. The van der Waals surface area contributed by atoms with Crippen LogP contribution in [0.1, 0.15) is 12.8 Å². The zero-order valence-corrected chi connectivity index (χ0v) is 12.8. The van der Waals surface area contributed by atoms with E-state index in [9.17, 15) is 13.2 Å². The lowest BCUT2D eigenvalue weighted by atomic mass is 10.1. The fraction of sp³-hybridized carbons (Fsp3) is 0.267. The van der Waals surface area contributed by atoms with Gasteiger partial charge in [-0.3, -0.25) is 4.79 Å². The molecule has 2 rings (SSSR count). The minimum atomic E-state index is -3.85. The van der Waals surface area contributed by atoms with Crippen molar-refractivity contribution in [3.8, 4) is 0 Å². The highest BCUT2D eigenvalue weighted by Gasteiger charge is 2.24. The van der Waals surface area contributed by atoms with Gasteiger partial charge in [-0.1, -0.05) is 36.4 Å². The largest absolute Gasteiger partial charge is 0.368 e. The van der Waals surface area contributed by atoms with Gasteiger partial charge in [0.2, 0.25) is 15.9 Å². The number of carbonyl (C=O) groups excluding carboxylic acids is 1. The Morgan fingerprint density at radius 1 is 1.14 bits per heavy atom. The zero-order valence-electron chi connectivity index (χ0n) is 12.0. The van der Waals surface area contributed by atoms with Gasteiger partial charge in [0.15, 0.2) is 0 Å². The van der Waals surface area contributed by atoms with Crippen LogP contribution in [0.2, 0.25) is 0 Å². The summed E-state index contributed by atoms with van der Waals surface area (Å²) in [6.07, 6.45) is 0.779. The highest BCUT2D eigenvalue weighted by molar-refractivity contribution is 7.89. The van der Waals surface area contributed by atoms with Gasteiger partial charge in [-0.05, 0) is 30.8 Å². The first kappa shape index (κ1) is 16.4. The number of amides is 1. The van der Waals surface area contributed by atoms with Gasteiger partial charge in [-0.25, -0.2) is 8.42 Å². The van der Waals surface area contributed by atoms with E-state index in [-0.39, 0.29) is 11.3 Å². The number of hydrogen-bond acceptors (Lipinski definition) is 4. The fourth-order valence-electron chi connectivity index (χ4n) is 2.26. The molecule has 0 saturated carbocycles. The topological polar surface area (TPSA) is 115 Å². The number of nitrogens with one attached hydrogen (secondary N) is 1. The van der Waals surface area contributed by atoms with Crippen molar-refractivity contribution in [2.24, 2.45) is 11.5 Å². The molecule has 2 aromatic rings. The SMILES string of the molecule is NCCC[C@H](NS(=O)(=O)c1cccc2ccccc12)C(N)=O. The molecule has 0 aliphatic carbocycles. The van der Waals surface area contributed by atoms with Gasteiger partial charge < -0.3 is 11.5 Å².